The Kier molecular flexibility index (Phi) is 8.54. The first kappa shape index (κ1) is 24.8. The summed E-state index contributed by atoms with van der Waals surface area (Å²) in [6.45, 7) is 3.84. The summed E-state index contributed by atoms with van der Waals surface area (Å²) in [5.41, 5.74) is 18.0. The van der Waals surface area contributed by atoms with Crippen LogP contribution in [0, 0.1) is 0 Å². The first-order valence-electron chi connectivity index (χ1n) is 10.1. The van der Waals surface area contributed by atoms with Gasteiger partial charge < -0.3 is 42.8 Å². The number of rotatable bonds is 10. The molecule has 0 spiro atoms. The third kappa shape index (κ3) is 6.74. The van der Waals surface area contributed by atoms with Gasteiger partial charge in [0.15, 0.2) is 0 Å². The van der Waals surface area contributed by atoms with E-state index in [1.807, 2.05) is 13.8 Å². The van der Waals surface area contributed by atoms with Gasteiger partial charge in [0.25, 0.3) is 0 Å². The van der Waals surface area contributed by atoms with E-state index in [2.05, 4.69) is 16.0 Å². The number of fused-ring (bicyclic) bond motifs is 1. The molecular formula is C19H31BN6O5. The van der Waals surface area contributed by atoms with E-state index in [9.17, 15) is 19.4 Å². The molecule has 0 saturated heterocycles. The lowest BCUT2D eigenvalue weighted by Gasteiger charge is -2.19. The van der Waals surface area contributed by atoms with Crippen molar-refractivity contribution in [3.63, 3.8) is 0 Å². The molecule has 11 nitrogen and oxygen atoms in total. The molecule has 3 amide bonds. The Bertz CT molecular complexity index is 817. The summed E-state index contributed by atoms with van der Waals surface area (Å²) in [5, 5.41) is 17.8. The van der Waals surface area contributed by atoms with Crippen molar-refractivity contribution in [1.82, 2.24) is 10.6 Å². The maximum absolute atomic E-state index is 12.2. The molecule has 0 bridgehead atoms. The predicted octanol–water partition coefficient (Wildman–Crippen LogP) is -2.80. The zero-order chi connectivity index (χ0) is 23.2. The van der Waals surface area contributed by atoms with Crippen LogP contribution in [0.2, 0.25) is 0 Å². The Labute approximate surface area is 181 Å². The Morgan fingerprint density at radius 2 is 1.87 bits per heavy atom. The van der Waals surface area contributed by atoms with E-state index >= 15 is 0 Å². The maximum Gasteiger partial charge on any atom is 0.492 e. The van der Waals surface area contributed by atoms with Crippen molar-refractivity contribution in [3.05, 3.63) is 23.8 Å². The third-order valence-corrected chi connectivity index (χ3v) is 5.03. The van der Waals surface area contributed by atoms with Gasteiger partial charge in [-0.05, 0) is 43.4 Å². The van der Waals surface area contributed by atoms with Crippen LogP contribution in [0.15, 0.2) is 18.2 Å². The van der Waals surface area contributed by atoms with E-state index in [0.29, 0.717) is 11.2 Å². The van der Waals surface area contributed by atoms with Gasteiger partial charge in [-0.25, -0.2) is 0 Å². The Morgan fingerprint density at radius 1 is 1.19 bits per heavy atom. The van der Waals surface area contributed by atoms with Crippen LogP contribution < -0.4 is 38.6 Å². The van der Waals surface area contributed by atoms with Gasteiger partial charge in [-0.3, -0.25) is 14.4 Å². The molecule has 1 aromatic carbocycles. The molecule has 2 rings (SSSR count). The van der Waals surface area contributed by atoms with Crippen molar-refractivity contribution in [2.24, 2.45) is 17.2 Å². The highest BCUT2D eigenvalue weighted by Crippen LogP contribution is 2.30. The van der Waals surface area contributed by atoms with Crippen LogP contribution in [0.4, 0.5) is 5.69 Å². The van der Waals surface area contributed by atoms with Crippen molar-refractivity contribution >= 4 is 36.0 Å². The topological polar surface area (TPSA) is 195 Å². The van der Waals surface area contributed by atoms with Gasteiger partial charge in [0.05, 0.1) is 24.2 Å². The molecule has 31 heavy (non-hydrogen) atoms. The fraction of sp³-hybridized carbons (Fsp3) is 0.526. The summed E-state index contributed by atoms with van der Waals surface area (Å²) in [5.74, 6) is -1.30. The van der Waals surface area contributed by atoms with Crippen LogP contribution in [-0.4, -0.2) is 61.6 Å². The number of carbonyl (C=O) groups excluding carboxylic acids is 3. The first-order valence-corrected chi connectivity index (χ1v) is 10.1. The van der Waals surface area contributed by atoms with E-state index in [1.54, 1.807) is 18.2 Å². The van der Waals surface area contributed by atoms with E-state index in [4.69, 9.17) is 21.9 Å². The SMILES string of the molecule is CC1(C)OB(O)c2cc(NC(=O)CNC(=O)C(N)CCC(=O)NC(CN)CN)ccc21. The van der Waals surface area contributed by atoms with Crippen molar-refractivity contribution in [3.8, 4) is 0 Å². The molecule has 1 aromatic rings. The third-order valence-electron chi connectivity index (χ3n) is 5.03. The highest BCUT2D eigenvalue weighted by Gasteiger charge is 2.40. The average molecular weight is 434 g/mol. The van der Waals surface area contributed by atoms with Crippen molar-refractivity contribution < 1.29 is 24.1 Å². The molecule has 12 heteroatoms. The molecule has 10 N–H and O–H groups in total. The van der Waals surface area contributed by atoms with E-state index in [1.165, 1.54) is 0 Å². The maximum atomic E-state index is 12.2. The minimum absolute atomic E-state index is 0.0349. The molecule has 0 aliphatic carbocycles. The zero-order valence-corrected chi connectivity index (χ0v) is 17.8. The molecule has 170 valence electrons. The van der Waals surface area contributed by atoms with E-state index in [-0.39, 0.29) is 44.4 Å². The summed E-state index contributed by atoms with van der Waals surface area (Å²) in [7, 11) is -1.07. The zero-order valence-electron chi connectivity index (χ0n) is 17.8. The van der Waals surface area contributed by atoms with Gasteiger partial charge in [0.1, 0.15) is 0 Å². The number of nitrogens with two attached hydrogens (primary N) is 3. The number of hydrogen-bond acceptors (Lipinski definition) is 8. The predicted molar refractivity (Wildman–Crippen MR) is 117 cm³/mol. The fourth-order valence-corrected chi connectivity index (χ4v) is 3.23. The molecule has 0 radical (unpaired) electrons. The normalized spacial score (nSPS) is 15.4. The summed E-state index contributed by atoms with van der Waals surface area (Å²) in [4.78, 5) is 36.0. The second-order valence-corrected chi connectivity index (χ2v) is 7.93. The molecule has 1 heterocycles. The lowest BCUT2D eigenvalue weighted by atomic mass is 9.78. The molecule has 1 aliphatic heterocycles. The molecule has 0 fully saturated rings. The van der Waals surface area contributed by atoms with Crippen LogP contribution in [0.25, 0.3) is 0 Å². The van der Waals surface area contributed by atoms with E-state index in [0.717, 1.165) is 5.56 Å². The Morgan fingerprint density at radius 3 is 2.52 bits per heavy atom. The van der Waals surface area contributed by atoms with Crippen LogP contribution in [0.5, 0.6) is 0 Å². The van der Waals surface area contributed by atoms with Gasteiger partial charge in [-0.15, -0.1) is 0 Å². The molecule has 1 aliphatic rings. The van der Waals surface area contributed by atoms with Gasteiger partial charge in [0, 0.05) is 25.2 Å². The fourth-order valence-electron chi connectivity index (χ4n) is 3.23. The van der Waals surface area contributed by atoms with Gasteiger partial charge in [0.2, 0.25) is 17.7 Å². The van der Waals surface area contributed by atoms with Gasteiger partial charge >= 0.3 is 7.12 Å². The Balaban J connectivity index is 1.78. The number of nitrogens with one attached hydrogen (secondary N) is 3. The van der Waals surface area contributed by atoms with Gasteiger partial charge in [-0.2, -0.15) is 0 Å². The molecular weight excluding hydrogens is 403 g/mol. The van der Waals surface area contributed by atoms with E-state index < -0.39 is 30.6 Å². The number of benzene rings is 1. The average Bonchev–Trinajstić information content (AvgIpc) is 2.96. The number of amides is 3. The lowest BCUT2D eigenvalue weighted by Crippen LogP contribution is -2.46. The first-order chi connectivity index (χ1) is 14.6. The van der Waals surface area contributed by atoms with Crippen LogP contribution in [-0.2, 0) is 24.6 Å². The van der Waals surface area contributed by atoms with Crippen molar-refractivity contribution in [2.75, 3.05) is 25.0 Å². The summed E-state index contributed by atoms with van der Waals surface area (Å²) in [6.07, 6.45) is 0.146. The highest BCUT2D eigenvalue weighted by molar-refractivity contribution is 6.62. The highest BCUT2D eigenvalue weighted by atomic mass is 16.5. The quantitative estimate of drug-likeness (QED) is 0.192. The second kappa shape index (κ2) is 10.7. The molecule has 1 atom stereocenters. The molecule has 0 saturated carbocycles. The summed E-state index contributed by atoms with van der Waals surface area (Å²) >= 11 is 0. The largest absolute Gasteiger partial charge is 0.492 e. The van der Waals surface area contributed by atoms with Crippen LogP contribution in [0.3, 0.4) is 0 Å². The molecule has 0 aromatic heterocycles. The second-order valence-electron chi connectivity index (χ2n) is 7.93. The number of carbonyl (C=O) groups is 3. The summed E-state index contributed by atoms with van der Waals surface area (Å²) in [6, 6.07) is 3.85. The smallest absolute Gasteiger partial charge is 0.423 e. The van der Waals surface area contributed by atoms with Crippen molar-refractivity contribution in [1.29, 1.82) is 0 Å². The van der Waals surface area contributed by atoms with Gasteiger partial charge in [-0.1, -0.05) is 6.07 Å². The van der Waals surface area contributed by atoms with Crippen LogP contribution >= 0.6 is 0 Å². The van der Waals surface area contributed by atoms with Crippen LogP contribution in [0.1, 0.15) is 32.3 Å². The van der Waals surface area contributed by atoms with Crippen molar-refractivity contribution in [2.45, 2.75) is 44.4 Å². The number of anilines is 1. The molecule has 1 unspecified atom stereocenters. The minimum atomic E-state index is -1.07. The standard InChI is InChI=1S/C19H31BN6O5/c1-19(2)13-4-3-11(7-14(13)20(30)31-19)25-17(28)10-24-18(29)15(23)5-6-16(27)26-12(8-21)9-22/h3-4,7,12,15,30H,5-6,8-10,21-23H2,1-2H3,(H,24,29)(H,25,28)(H,26,27). The summed E-state index contributed by atoms with van der Waals surface area (Å²) < 4.78 is 5.49. The lowest BCUT2D eigenvalue weighted by molar-refractivity contribution is -0.126. The minimum Gasteiger partial charge on any atom is -0.423 e. The number of hydrogen-bond donors (Lipinski definition) is 7. The monoisotopic (exact) mass is 434 g/mol. The Hall–Kier alpha value is -2.51.